The molecule has 1 aromatic carbocycles. The predicted molar refractivity (Wildman–Crippen MR) is 110 cm³/mol. The second-order valence-corrected chi connectivity index (χ2v) is 9.67. The normalized spacial score (nSPS) is 17.3. The number of amides is 2. The molecule has 9 heteroatoms. The van der Waals surface area contributed by atoms with Crippen LogP contribution in [0.3, 0.4) is 0 Å². The van der Waals surface area contributed by atoms with Crippen LogP contribution in [-0.2, 0) is 10.0 Å². The Morgan fingerprint density at radius 1 is 1.25 bits per heavy atom. The monoisotopic (exact) mass is 421 g/mol. The maximum atomic E-state index is 12.9. The first-order valence-electron chi connectivity index (χ1n) is 9.00. The molecule has 2 amide bonds. The molecule has 0 spiro atoms. The van der Waals surface area contributed by atoms with Crippen molar-refractivity contribution in [3.8, 4) is 0 Å². The molecular weight excluding hydrogens is 398 g/mol. The summed E-state index contributed by atoms with van der Waals surface area (Å²) in [7, 11) is -3.24. The molecule has 0 bridgehead atoms. The first kappa shape index (κ1) is 20.5. The van der Waals surface area contributed by atoms with Gasteiger partial charge in [-0.3, -0.25) is 9.59 Å². The van der Waals surface area contributed by atoms with Crippen LogP contribution in [0.15, 0.2) is 41.8 Å². The van der Waals surface area contributed by atoms with Gasteiger partial charge in [-0.05, 0) is 48.4 Å². The molecule has 0 saturated carbocycles. The third kappa shape index (κ3) is 5.63. The molecular formula is C19H23N3O4S2. The van der Waals surface area contributed by atoms with Gasteiger partial charge in [0, 0.05) is 30.9 Å². The number of nitrogens with one attached hydrogen (secondary N) is 2. The van der Waals surface area contributed by atoms with E-state index in [1.807, 2.05) is 11.4 Å². The fourth-order valence-corrected chi connectivity index (χ4v) is 4.36. The average Bonchev–Trinajstić information content (AvgIpc) is 3.21. The lowest BCUT2D eigenvalue weighted by Crippen LogP contribution is -2.43. The Hall–Kier alpha value is -2.23. The summed E-state index contributed by atoms with van der Waals surface area (Å²) in [5, 5.41) is 4.65. The first-order valence-corrected chi connectivity index (χ1v) is 11.8. The van der Waals surface area contributed by atoms with Gasteiger partial charge in [0.15, 0.2) is 0 Å². The van der Waals surface area contributed by atoms with Crippen LogP contribution in [0.5, 0.6) is 0 Å². The maximum Gasteiger partial charge on any atom is 0.265 e. The van der Waals surface area contributed by atoms with Crippen molar-refractivity contribution in [2.75, 3.05) is 31.2 Å². The number of hydrogen-bond acceptors (Lipinski definition) is 5. The minimum atomic E-state index is -3.24. The second kappa shape index (κ2) is 8.85. The van der Waals surface area contributed by atoms with Crippen molar-refractivity contribution in [1.82, 2.24) is 9.62 Å². The maximum absolute atomic E-state index is 12.9. The van der Waals surface area contributed by atoms with Gasteiger partial charge in [0.25, 0.3) is 11.8 Å². The minimum Gasteiger partial charge on any atom is -0.338 e. The predicted octanol–water partition coefficient (Wildman–Crippen LogP) is 2.40. The van der Waals surface area contributed by atoms with Gasteiger partial charge in [-0.1, -0.05) is 12.1 Å². The van der Waals surface area contributed by atoms with E-state index < -0.39 is 10.0 Å². The second-order valence-electron chi connectivity index (χ2n) is 6.89. The van der Waals surface area contributed by atoms with E-state index in [0.29, 0.717) is 35.8 Å². The number of carbonyl (C=O) groups is 2. The molecule has 3 rings (SSSR count). The van der Waals surface area contributed by atoms with Gasteiger partial charge in [0.05, 0.1) is 11.1 Å². The van der Waals surface area contributed by atoms with Gasteiger partial charge in [0.2, 0.25) is 10.0 Å². The summed E-state index contributed by atoms with van der Waals surface area (Å²) in [5.74, 6) is -0.227. The number of carbonyl (C=O) groups excluding carboxylic acids is 2. The summed E-state index contributed by atoms with van der Waals surface area (Å²) in [6, 6.07) is 10.4. The summed E-state index contributed by atoms with van der Waals surface area (Å²) >= 11 is 1.35. The van der Waals surface area contributed by atoms with Crippen molar-refractivity contribution >= 4 is 38.9 Å². The van der Waals surface area contributed by atoms with Crippen LogP contribution in [0, 0.1) is 5.92 Å². The SMILES string of the molecule is CS(=O)(=O)NCC1CCCN(C(=O)c2cccc(NC(=O)c3cccs3)c2)C1. The van der Waals surface area contributed by atoms with Crippen molar-refractivity contribution in [1.29, 1.82) is 0 Å². The summed E-state index contributed by atoms with van der Waals surface area (Å²) in [6.07, 6.45) is 2.84. The van der Waals surface area contributed by atoms with E-state index >= 15 is 0 Å². The molecule has 1 aliphatic heterocycles. The molecule has 28 heavy (non-hydrogen) atoms. The van der Waals surface area contributed by atoms with E-state index in [0.717, 1.165) is 19.1 Å². The molecule has 1 saturated heterocycles. The summed E-state index contributed by atoms with van der Waals surface area (Å²) in [6.45, 7) is 1.48. The van der Waals surface area contributed by atoms with E-state index in [-0.39, 0.29) is 17.7 Å². The molecule has 1 aromatic heterocycles. The smallest absolute Gasteiger partial charge is 0.265 e. The van der Waals surface area contributed by atoms with Crippen molar-refractivity contribution < 1.29 is 18.0 Å². The van der Waals surface area contributed by atoms with Crippen LogP contribution in [0.25, 0.3) is 0 Å². The molecule has 1 fully saturated rings. The molecule has 1 atom stereocenters. The van der Waals surface area contributed by atoms with E-state index in [2.05, 4.69) is 10.0 Å². The van der Waals surface area contributed by atoms with E-state index in [1.54, 1.807) is 35.2 Å². The standard InChI is InChI=1S/C19H23N3O4S2/c1-28(25,26)20-12-14-5-3-9-22(13-14)19(24)15-6-2-7-16(11-15)21-18(23)17-8-4-10-27-17/h2,4,6-8,10-11,14,20H,3,5,9,12-13H2,1H3,(H,21,23). The summed E-state index contributed by atoms with van der Waals surface area (Å²) < 4.78 is 25.1. The Bertz CT molecular complexity index is 942. The van der Waals surface area contributed by atoms with Gasteiger partial charge in [-0.2, -0.15) is 0 Å². The van der Waals surface area contributed by atoms with Crippen LogP contribution in [-0.4, -0.2) is 51.0 Å². The number of anilines is 1. The number of piperidine rings is 1. The van der Waals surface area contributed by atoms with Crippen molar-refractivity contribution in [2.45, 2.75) is 12.8 Å². The Kier molecular flexibility index (Phi) is 6.48. The Labute approximate surface area is 168 Å². The largest absolute Gasteiger partial charge is 0.338 e. The molecule has 7 nitrogen and oxygen atoms in total. The number of sulfonamides is 1. The molecule has 2 aromatic rings. The molecule has 2 heterocycles. The molecule has 1 unspecified atom stereocenters. The number of nitrogens with zero attached hydrogens (tertiary/aromatic N) is 1. The number of benzene rings is 1. The third-order valence-electron chi connectivity index (χ3n) is 4.55. The van der Waals surface area contributed by atoms with Gasteiger partial charge in [-0.15, -0.1) is 11.3 Å². The molecule has 150 valence electrons. The van der Waals surface area contributed by atoms with E-state index in [9.17, 15) is 18.0 Å². The highest BCUT2D eigenvalue weighted by molar-refractivity contribution is 7.88. The van der Waals surface area contributed by atoms with Crippen LogP contribution >= 0.6 is 11.3 Å². The lowest BCUT2D eigenvalue weighted by Gasteiger charge is -2.33. The highest BCUT2D eigenvalue weighted by Gasteiger charge is 2.25. The highest BCUT2D eigenvalue weighted by Crippen LogP contribution is 2.20. The van der Waals surface area contributed by atoms with Crippen LogP contribution < -0.4 is 10.0 Å². The zero-order chi connectivity index (χ0) is 20.1. The van der Waals surface area contributed by atoms with Gasteiger partial charge in [0.1, 0.15) is 0 Å². The molecule has 2 N–H and O–H groups in total. The number of rotatable bonds is 6. The fraction of sp³-hybridized carbons (Fsp3) is 0.368. The number of hydrogen-bond donors (Lipinski definition) is 2. The quantitative estimate of drug-likeness (QED) is 0.749. The summed E-state index contributed by atoms with van der Waals surface area (Å²) in [5.41, 5.74) is 1.07. The van der Waals surface area contributed by atoms with E-state index in [1.165, 1.54) is 11.3 Å². The van der Waals surface area contributed by atoms with Gasteiger partial charge in [-0.25, -0.2) is 13.1 Å². The number of likely N-dealkylation sites (tertiary alicyclic amines) is 1. The summed E-state index contributed by atoms with van der Waals surface area (Å²) in [4.78, 5) is 27.4. The van der Waals surface area contributed by atoms with Crippen molar-refractivity contribution in [3.05, 3.63) is 52.2 Å². The van der Waals surface area contributed by atoms with Crippen LogP contribution in [0.2, 0.25) is 0 Å². The van der Waals surface area contributed by atoms with Gasteiger partial charge < -0.3 is 10.2 Å². The van der Waals surface area contributed by atoms with Crippen LogP contribution in [0.1, 0.15) is 32.9 Å². The first-order chi connectivity index (χ1) is 13.3. The molecule has 0 radical (unpaired) electrons. The van der Waals surface area contributed by atoms with E-state index in [4.69, 9.17) is 0 Å². The fourth-order valence-electron chi connectivity index (χ4n) is 3.20. The highest BCUT2D eigenvalue weighted by atomic mass is 32.2. The lowest BCUT2D eigenvalue weighted by atomic mass is 9.97. The van der Waals surface area contributed by atoms with Crippen molar-refractivity contribution in [3.63, 3.8) is 0 Å². The molecule has 0 aliphatic carbocycles. The minimum absolute atomic E-state index is 0.0918. The van der Waals surface area contributed by atoms with Gasteiger partial charge >= 0.3 is 0 Å². The Morgan fingerprint density at radius 2 is 2.07 bits per heavy atom. The number of thiophene rings is 1. The zero-order valence-electron chi connectivity index (χ0n) is 15.6. The Morgan fingerprint density at radius 3 is 2.79 bits per heavy atom. The lowest BCUT2D eigenvalue weighted by molar-refractivity contribution is 0.0676. The Balaban J connectivity index is 1.64. The average molecular weight is 422 g/mol. The van der Waals surface area contributed by atoms with Crippen molar-refractivity contribution in [2.24, 2.45) is 5.92 Å². The molecule has 1 aliphatic rings. The zero-order valence-corrected chi connectivity index (χ0v) is 17.2. The third-order valence-corrected chi connectivity index (χ3v) is 6.11. The topological polar surface area (TPSA) is 95.6 Å². The van der Waals surface area contributed by atoms with Crippen LogP contribution in [0.4, 0.5) is 5.69 Å².